The summed E-state index contributed by atoms with van der Waals surface area (Å²) in [4.78, 5) is 0. The molecule has 0 saturated heterocycles. The zero-order valence-electron chi connectivity index (χ0n) is 11.8. The third-order valence-corrected chi connectivity index (χ3v) is 4.93. The number of ether oxygens (including phenoxy) is 1. The fourth-order valence-corrected chi connectivity index (χ4v) is 3.51. The van der Waals surface area contributed by atoms with Crippen molar-refractivity contribution >= 4 is 15.9 Å². The van der Waals surface area contributed by atoms with Gasteiger partial charge in [-0.05, 0) is 41.3 Å². The molecule has 0 aromatic heterocycles. The third-order valence-electron chi connectivity index (χ3n) is 4.15. The van der Waals surface area contributed by atoms with E-state index in [1.165, 1.54) is 0 Å². The highest BCUT2D eigenvalue weighted by Gasteiger charge is 2.41. The second-order valence-corrected chi connectivity index (χ2v) is 6.42. The molecule has 0 aliphatic heterocycles. The summed E-state index contributed by atoms with van der Waals surface area (Å²) in [5, 5.41) is 11.1. The molecule has 3 nitrogen and oxygen atoms in total. The van der Waals surface area contributed by atoms with Crippen molar-refractivity contribution in [2.45, 2.75) is 24.5 Å². The summed E-state index contributed by atoms with van der Waals surface area (Å²) in [5.41, 5.74) is 8.24. The molecule has 0 heterocycles. The molecule has 2 aromatic carbocycles. The van der Waals surface area contributed by atoms with Gasteiger partial charge in [0.1, 0.15) is 5.75 Å². The number of benzene rings is 2. The second-order valence-electron chi connectivity index (χ2n) is 5.56. The highest BCUT2D eigenvalue weighted by Crippen LogP contribution is 2.44. The van der Waals surface area contributed by atoms with E-state index in [1.54, 1.807) is 7.11 Å². The molecule has 2 unspecified atom stereocenters. The Morgan fingerprint density at radius 1 is 1.33 bits per heavy atom. The molecule has 21 heavy (non-hydrogen) atoms. The normalized spacial score (nSPS) is 23.9. The predicted octanol–water partition coefficient (Wildman–Crippen LogP) is 3.29. The number of fused-ring (bicyclic) bond motifs is 1. The first kappa shape index (κ1) is 14.6. The third kappa shape index (κ3) is 2.59. The van der Waals surface area contributed by atoms with Crippen molar-refractivity contribution in [3.63, 3.8) is 0 Å². The number of methoxy groups -OCH3 is 1. The average Bonchev–Trinajstić information content (AvgIpc) is 2.74. The van der Waals surface area contributed by atoms with E-state index in [0.717, 1.165) is 26.9 Å². The summed E-state index contributed by atoms with van der Waals surface area (Å²) < 4.78 is 6.24. The maximum absolute atomic E-state index is 11.1. The van der Waals surface area contributed by atoms with E-state index in [0.29, 0.717) is 12.8 Å². The zero-order chi connectivity index (χ0) is 15.0. The fourth-order valence-electron chi connectivity index (χ4n) is 3.12. The summed E-state index contributed by atoms with van der Waals surface area (Å²) >= 11 is 3.55. The summed E-state index contributed by atoms with van der Waals surface area (Å²) in [6.07, 6.45) is 1.05. The molecular formula is C17H18BrNO2. The van der Waals surface area contributed by atoms with Gasteiger partial charge in [0.2, 0.25) is 0 Å². The maximum Gasteiger partial charge on any atom is 0.119 e. The number of hydrogen-bond acceptors (Lipinski definition) is 3. The predicted molar refractivity (Wildman–Crippen MR) is 86.3 cm³/mol. The first-order chi connectivity index (χ1) is 10.0. The van der Waals surface area contributed by atoms with Gasteiger partial charge in [0.25, 0.3) is 0 Å². The van der Waals surface area contributed by atoms with Gasteiger partial charge in [-0.2, -0.15) is 0 Å². The molecule has 0 spiro atoms. The lowest BCUT2D eigenvalue weighted by Gasteiger charge is -2.25. The molecule has 0 fully saturated rings. The van der Waals surface area contributed by atoms with Gasteiger partial charge in [-0.3, -0.25) is 0 Å². The summed E-state index contributed by atoms with van der Waals surface area (Å²) in [6, 6.07) is 13.6. The molecule has 2 atom stereocenters. The van der Waals surface area contributed by atoms with Crippen molar-refractivity contribution in [3.8, 4) is 5.75 Å². The Labute approximate surface area is 132 Å². The number of nitrogens with two attached hydrogens (primary N) is 1. The average molecular weight is 348 g/mol. The number of hydrogen-bond donors (Lipinski definition) is 2. The molecule has 0 amide bonds. The lowest BCUT2D eigenvalue weighted by atomic mass is 9.88. The van der Waals surface area contributed by atoms with E-state index in [1.807, 2.05) is 42.5 Å². The second kappa shape index (κ2) is 5.44. The minimum atomic E-state index is -0.926. The van der Waals surface area contributed by atoms with Crippen molar-refractivity contribution in [2.24, 2.45) is 5.73 Å². The van der Waals surface area contributed by atoms with E-state index < -0.39 is 5.60 Å². The van der Waals surface area contributed by atoms with E-state index >= 15 is 0 Å². The zero-order valence-corrected chi connectivity index (χ0v) is 13.4. The monoisotopic (exact) mass is 347 g/mol. The summed E-state index contributed by atoms with van der Waals surface area (Å²) in [7, 11) is 1.64. The van der Waals surface area contributed by atoms with Gasteiger partial charge < -0.3 is 15.6 Å². The smallest absolute Gasteiger partial charge is 0.119 e. The van der Waals surface area contributed by atoms with Crippen LogP contribution in [0.1, 0.15) is 29.2 Å². The van der Waals surface area contributed by atoms with Crippen LogP contribution < -0.4 is 10.5 Å². The van der Waals surface area contributed by atoms with Crippen molar-refractivity contribution < 1.29 is 9.84 Å². The Morgan fingerprint density at radius 2 is 2.10 bits per heavy atom. The van der Waals surface area contributed by atoms with Gasteiger partial charge >= 0.3 is 0 Å². The summed E-state index contributed by atoms with van der Waals surface area (Å²) in [5.74, 6) is 0.785. The van der Waals surface area contributed by atoms with Crippen LogP contribution in [0, 0.1) is 0 Å². The van der Waals surface area contributed by atoms with Crippen molar-refractivity contribution in [1.82, 2.24) is 0 Å². The van der Waals surface area contributed by atoms with Crippen LogP contribution in [-0.4, -0.2) is 12.2 Å². The fraction of sp³-hybridized carbons (Fsp3) is 0.294. The molecule has 0 radical (unpaired) electrons. The topological polar surface area (TPSA) is 55.5 Å². The van der Waals surface area contributed by atoms with Crippen LogP contribution in [0.4, 0.5) is 0 Å². The number of halogens is 1. The van der Waals surface area contributed by atoms with Crippen LogP contribution in [-0.2, 0) is 12.0 Å². The van der Waals surface area contributed by atoms with E-state index in [4.69, 9.17) is 10.5 Å². The van der Waals surface area contributed by atoms with E-state index in [-0.39, 0.29) is 6.04 Å². The lowest BCUT2D eigenvalue weighted by molar-refractivity contribution is 0.0340. The van der Waals surface area contributed by atoms with Crippen LogP contribution in [0.3, 0.4) is 0 Å². The van der Waals surface area contributed by atoms with Crippen LogP contribution in [0.15, 0.2) is 46.9 Å². The first-order valence-corrected chi connectivity index (χ1v) is 7.72. The standard InChI is InChI=1S/C17H18BrNO2/c1-21-12-6-7-15(18)11(8-12)9-17(20)10-16(19)13-4-2-3-5-14(13)17/h2-8,16,20H,9-10,19H2,1H3. The summed E-state index contributed by atoms with van der Waals surface area (Å²) in [6.45, 7) is 0. The van der Waals surface area contributed by atoms with Crippen LogP contribution in [0.25, 0.3) is 0 Å². The van der Waals surface area contributed by atoms with Gasteiger partial charge in [0, 0.05) is 16.9 Å². The SMILES string of the molecule is COc1ccc(Br)c(CC2(O)CC(N)c3ccccc32)c1. The van der Waals surface area contributed by atoms with Gasteiger partial charge in [-0.25, -0.2) is 0 Å². The largest absolute Gasteiger partial charge is 0.497 e. The molecule has 3 rings (SSSR count). The van der Waals surface area contributed by atoms with Crippen molar-refractivity contribution in [3.05, 3.63) is 63.6 Å². The van der Waals surface area contributed by atoms with E-state index in [9.17, 15) is 5.11 Å². The molecule has 0 bridgehead atoms. The molecular weight excluding hydrogens is 330 g/mol. The Morgan fingerprint density at radius 3 is 2.86 bits per heavy atom. The van der Waals surface area contributed by atoms with Crippen molar-refractivity contribution in [1.29, 1.82) is 0 Å². The Kier molecular flexibility index (Phi) is 3.78. The van der Waals surface area contributed by atoms with Crippen LogP contribution in [0.2, 0.25) is 0 Å². The first-order valence-electron chi connectivity index (χ1n) is 6.93. The van der Waals surface area contributed by atoms with Crippen molar-refractivity contribution in [2.75, 3.05) is 7.11 Å². The molecule has 0 saturated carbocycles. The quantitative estimate of drug-likeness (QED) is 0.895. The Hall–Kier alpha value is -1.36. The van der Waals surface area contributed by atoms with E-state index in [2.05, 4.69) is 15.9 Å². The van der Waals surface area contributed by atoms with Gasteiger partial charge in [-0.15, -0.1) is 0 Å². The maximum atomic E-state index is 11.1. The molecule has 2 aromatic rings. The van der Waals surface area contributed by atoms with Crippen LogP contribution >= 0.6 is 15.9 Å². The van der Waals surface area contributed by atoms with Gasteiger partial charge in [-0.1, -0.05) is 40.2 Å². The molecule has 1 aliphatic carbocycles. The molecule has 1 aliphatic rings. The lowest BCUT2D eigenvalue weighted by Crippen LogP contribution is -2.26. The van der Waals surface area contributed by atoms with Gasteiger partial charge in [0.05, 0.1) is 12.7 Å². The number of rotatable bonds is 3. The highest BCUT2D eigenvalue weighted by molar-refractivity contribution is 9.10. The number of aliphatic hydroxyl groups is 1. The Bertz CT molecular complexity index is 674. The van der Waals surface area contributed by atoms with Gasteiger partial charge in [0.15, 0.2) is 0 Å². The molecule has 3 N–H and O–H groups in total. The highest BCUT2D eigenvalue weighted by atomic mass is 79.9. The Balaban J connectivity index is 1.99. The molecule has 4 heteroatoms. The molecule has 110 valence electrons. The minimum Gasteiger partial charge on any atom is -0.497 e. The minimum absolute atomic E-state index is 0.115. The van der Waals surface area contributed by atoms with Crippen LogP contribution in [0.5, 0.6) is 5.75 Å².